The van der Waals surface area contributed by atoms with Crippen LogP contribution in [0.4, 0.5) is 13.2 Å². The number of alkyl halides is 3. The number of aryl methyl sites for hydroxylation is 2. The van der Waals surface area contributed by atoms with Crippen molar-refractivity contribution in [3.05, 3.63) is 63.3 Å². The van der Waals surface area contributed by atoms with E-state index in [-0.39, 0.29) is 12.2 Å². The third-order valence-corrected chi connectivity index (χ3v) is 3.13. The van der Waals surface area contributed by atoms with Gasteiger partial charge in [0.15, 0.2) is 0 Å². The molecule has 106 valence electrons. The molecule has 2 aromatic heterocycles. The average Bonchev–Trinajstić information content (AvgIpc) is 2.34. The maximum absolute atomic E-state index is 12.6. The van der Waals surface area contributed by atoms with E-state index in [1.165, 1.54) is 11.5 Å². The first-order valence-corrected chi connectivity index (χ1v) is 5.97. The quantitative estimate of drug-likeness (QED) is 0.849. The Hall–Kier alpha value is -2.11. The first-order chi connectivity index (χ1) is 9.29. The van der Waals surface area contributed by atoms with Gasteiger partial charge in [-0.15, -0.1) is 0 Å². The third-order valence-electron chi connectivity index (χ3n) is 3.13. The second-order valence-electron chi connectivity index (χ2n) is 4.61. The molecule has 0 aliphatic carbocycles. The minimum absolute atomic E-state index is 0.233. The molecule has 2 rings (SSSR count). The lowest BCUT2D eigenvalue weighted by Gasteiger charge is -2.14. The Bertz CT molecular complexity index is 690. The molecule has 6 heteroatoms. The lowest BCUT2D eigenvalue weighted by atomic mass is 10.1. The van der Waals surface area contributed by atoms with Crippen LogP contribution in [0.3, 0.4) is 0 Å². The summed E-state index contributed by atoms with van der Waals surface area (Å²) in [6.07, 6.45) is -1.26. The molecule has 0 atom stereocenters. The number of pyridine rings is 2. The number of halogens is 3. The standard InChI is InChI=1S/C14H13F3N2O/c1-9-7-18-4-3-11(9)8-19-10(2)5-12(6-13(19)20)14(15,16)17/h3-7H,8H2,1-2H3. The topological polar surface area (TPSA) is 34.9 Å². The van der Waals surface area contributed by atoms with Crippen LogP contribution < -0.4 is 5.56 Å². The van der Waals surface area contributed by atoms with Crippen molar-refractivity contribution in [1.29, 1.82) is 0 Å². The largest absolute Gasteiger partial charge is 0.416 e. The van der Waals surface area contributed by atoms with Gasteiger partial charge in [-0.25, -0.2) is 0 Å². The predicted octanol–water partition coefficient (Wildman–Crippen LogP) is 2.93. The molecule has 0 fully saturated rings. The summed E-state index contributed by atoms with van der Waals surface area (Å²) in [5.74, 6) is 0. The summed E-state index contributed by atoms with van der Waals surface area (Å²) in [6, 6.07) is 3.36. The summed E-state index contributed by atoms with van der Waals surface area (Å²) >= 11 is 0. The van der Waals surface area contributed by atoms with Gasteiger partial charge in [-0.05, 0) is 37.1 Å². The van der Waals surface area contributed by atoms with Crippen LogP contribution in [0.25, 0.3) is 0 Å². The highest BCUT2D eigenvalue weighted by atomic mass is 19.4. The molecule has 0 unspecified atom stereocenters. The molecule has 2 aromatic rings. The molecule has 0 N–H and O–H groups in total. The summed E-state index contributed by atoms with van der Waals surface area (Å²) in [4.78, 5) is 15.8. The van der Waals surface area contributed by atoms with E-state index >= 15 is 0 Å². The first-order valence-electron chi connectivity index (χ1n) is 5.97. The van der Waals surface area contributed by atoms with E-state index in [0.29, 0.717) is 6.07 Å². The monoisotopic (exact) mass is 282 g/mol. The van der Waals surface area contributed by atoms with E-state index in [9.17, 15) is 18.0 Å². The number of hydrogen-bond acceptors (Lipinski definition) is 2. The Morgan fingerprint density at radius 3 is 2.50 bits per heavy atom. The predicted molar refractivity (Wildman–Crippen MR) is 68.5 cm³/mol. The Labute approximate surface area is 113 Å². The van der Waals surface area contributed by atoms with Gasteiger partial charge < -0.3 is 4.57 Å². The maximum atomic E-state index is 12.6. The van der Waals surface area contributed by atoms with Crippen molar-refractivity contribution in [2.75, 3.05) is 0 Å². The van der Waals surface area contributed by atoms with E-state index in [0.717, 1.165) is 17.2 Å². The molecule has 0 aromatic carbocycles. The molecule has 0 radical (unpaired) electrons. The SMILES string of the molecule is Cc1cnccc1Cn1c(C)cc(C(F)(F)F)cc1=O. The van der Waals surface area contributed by atoms with Gasteiger partial charge in [0.2, 0.25) is 0 Å². The molecule has 0 bridgehead atoms. The van der Waals surface area contributed by atoms with Crippen LogP contribution in [-0.2, 0) is 12.7 Å². The summed E-state index contributed by atoms with van der Waals surface area (Å²) in [6.45, 7) is 3.57. The van der Waals surface area contributed by atoms with Gasteiger partial charge in [0.25, 0.3) is 5.56 Å². The van der Waals surface area contributed by atoms with Crippen molar-refractivity contribution in [1.82, 2.24) is 9.55 Å². The summed E-state index contributed by atoms with van der Waals surface area (Å²) in [5.41, 5.74) is 0.445. The fourth-order valence-electron chi connectivity index (χ4n) is 1.95. The van der Waals surface area contributed by atoms with Crippen molar-refractivity contribution < 1.29 is 13.2 Å². The Balaban J connectivity index is 2.45. The van der Waals surface area contributed by atoms with Crippen LogP contribution in [0.1, 0.15) is 22.4 Å². The van der Waals surface area contributed by atoms with Crippen molar-refractivity contribution in [2.45, 2.75) is 26.6 Å². The Morgan fingerprint density at radius 1 is 1.25 bits per heavy atom. The molecule has 0 saturated carbocycles. The fraction of sp³-hybridized carbons (Fsp3) is 0.286. The minimum Gasteiger partial charge on any atom is -0.308 e. The van der Waals surface area contributed by atoms with Gasteiger partial charge in [0, 0.05) is 24.2 Å². The molecular weight excluding hydrogens is 269 g/mol. The zero-order valence-electron chi connectivity index (χ0n) is 11.0. The van der Waals surface area contributed by atoms with E-state index in [1.54, 1.807) is 18.5 Å². The van der Waals surface area contributed by atoms with Crippen LogP contribution >= 0.6 is 0 Å². The highest BCUT2D eigenvalue weighted by molar-refractivity contribution is 5.25. The molecule has 0 spiro atoms. The summed E-state index contributed by atoms with van der Waals surface area (Å²) in [5, 5.41) is 0. The number of hydrogen-bond donors (Lipinski definition) is 0. The van der Waals surface area contributed by atoms with Crippen molar-refractivity contribution >= 4 is 0 Å². The van der Waals surface area contributed by atoms with E-state index in [1.807, 2.05) is 6.92 Å². The minimum atomic E-state index is -4.50. The molecule has 20 heavy (non-hydrogen) atoms. The van der Waals surface area contributed by atoms with Crippen molar-refractivity contribution in [2.24, 2.45) is 0 Å². The lowest BCUT2D eigenvalue weighted by molar-refractivity contribution is -0.137. The van der Waals surface area contributed by atoms with Gasteiger partial charge in [-0.2, -0.15) is 13.2 Å². The number of aromatic nitrogens is 2. The maximum Gasteiger partial charge on any atom is 0.416 e. The van der Waals surface area contributed by atoms with Gasteiger partial charge in [0.05, 0.1) is 12.1 Å². The zero-order valence-corrected chi connectivity index (χ0v) is 11.0. The fourth-order valence-corrected chi connectivity index (χ4v) is 1.95. The van der Waals surface area contributed by atoms with Crippen LogP contribution in [0.2, 0.25) is 0 Å². The van der Waals surface area contributed by atoms with E-state index in [4.69, 9.17) is 0 Å². The third kappa shape index (κ3) is 2.89. The average molecular weight is 282 g/mol. The molecule has 0 amide bonds. The highest BCUT2D eigenvalue weighted by Crippen LogP contribution is 2.28. The number of nitrogens with zero attached hydrogens (tertiary/aromatic N) is 2. The lowest BCUT2D eigenvalue weighted by Crippen LogP contribution is -2.25. The molecule has 0 saturated heterocycles. The van der Waals surface area contributed by atoms with E-state index in [2.05, 4.69) is 4.98 Å². The summed E-state index contributed by atoms with van der Waals surface area (Å²) in [7, 11) is 0. The molecule has 0 aliphatic rings. The Kier molecular flexibility index (Phi) is 3.65. The van der Waals surface area contributed by atoms with Crippen molar-refractivity contribution in [3.8, 4) is 0 Å². The van der Waals surface area contributed by atoms with Crippen molar-refractivity contribution in [3.63, 3.8) is 0 Å². The van der Waals surface area contributed by atoms with Crippen LogP contribution in [-0.4, -0.2) is 9.55 Å². The summed E-state index contributed by atoms with van der Waals surface area (Å²) < 4.78 is 39.2. The van der Waals surface area contributed by atoms with Gasteiger partial charge in [-0.3, -0.25) is 9.78 Å². The number of rotatable bonds is 2. The second kappa shape index (κ2) is 5.11. The van der Waals surface area contributed by atoms with Gasteiger partial charge in [-0.1, -0.05) is 0 Å². The highest BCUT2D eigenvalue weighted by Gasteiger charge is 2.31. The van der Waals surface area contributed by atoms with E-state index < -0.39 is 17.3 Å². The first kappa shape index (κ1) is 14.3. The van der Waals surface area contributed by atoms with Crippen LogP contribution in [0, 0.1) is 13.8 Å². The molecular formula is C14H13F3N2O. The smallest absolute Gasteiger partial charge is 0.308 e. The van der Waals surface area contributed by atoms with Gasteiger partial charge >= 0.3 is 6.18 Å². The second-order valence-corrected chi connectivity index (χ2v) is 4.61. The Morgan fingerprint density at radius 2 is 1.95 bits per heavy atom. The van der Waals surface area contributed by atoms with Crippen LogP contribution in [0.5, 0.6) is 0 Å². The molecule has 3 nitrogen and oxygen atoms in total. The molecule has 0 aliphatic heterocycles. The van der Waals surface area contributed by atoms with Gasteiger partial charge in [0.1, 0.15) is 0 Å². The normalized spacial score (nSPS) is 11.7. The molecule has 2 heterocycles. The van der Waals surface area contributed by atoms with Crippen LogP contribution in [0.15, 0.2) is 35.4 Å². The zero-order chi connectivity index (χ0) is 14.9.